The van der Waals surface area contributed by atoms with Crippen molar-refractivity contribution in [3.63, 3.8) is 0 Å². The molecule has 0 aliphatic carbocycles. The topological polar surface area (TPSA) is 95.2 Å². The van der Waals surface area contributed by atoms with Gasteiger partial charge in [0, 0.05) is 29.2 Å². The van der Waals surface area contributed by atoms with E-state index in [0.717, 1.165) is 9.13 Å². The number of hydrogen-bond acceptors (Lipinski definition) is 5. The van der Waals surface area contributed by atoms with Crippen molar-refractivity contribution in [1.29, 1.82) is 0 Å². The third kappa shape index (κ3) is 3.66. The van der Waals surface area contributed by atoms with Crippen LogP contribution in [-0.2, 0) is 13.1 Å². The van der Waals surface area contributed by atoms with Gasteiger partial charge in [0.2, 0.25) is 0 Å². The lowest BCUT2D eigenvalue weighted by Gasteiger charge is -2.05. The van der Waals surface area contributed by atoms with Crippen LogP contribution in [0.15, 0.2) is 49.5 Å². The molecule has 8 heteroatoms. The van der Waals surface area contributed by atoms with E-state index in [9.17, 15) is 24.0 Å². The fourth-order valence-electron chi connectivity index (χ4n) is 4.24. The number of ketones is 1. The average Bonchev–Trinajstić information content (AvgIpc) is 3.12. The van der Waals surface area contributed by atoms with E-state index in [1.807, 2.05) is 27.7 Å². The molecule has 0 atom stereocenters. The molecule has 2 aromatic heterocycles. The highest BCUT2D eigenvalue weighted by molar-refractivity contribution is 6.31. The molecule has 0 spiro atoms. The molecule has 0 aliphatic rings. The van der Waals surface area contributed by atoms with E-state index >= 15 is 0 Å². The van der Waals surface area contributed by atoms with Crippen molar-refractivity contribution in [1.82, 2.24) is 9.13 Å². The Balaban J connectivity index is 2.20. The zero-order chi connectivity index (χ0) is 24.2. The Morgan fingerprint density at radius 2 is 1.18 bits per heavy atom. The quantitative estimate of drug-likeness (QED) is 0.407. The molecule has 33 heavy (non-hydrogen) atoms. The lowest BCUT2D eigenvalue weighted by atomic mass is 9.95. The Morgan fingerprint density at radius 3 is 1.58 bits per heavy atom. The number of hydrogen-bond donors (Lipinski definition) is 0. The van der Waals surface area contributed by atoms with Gasteiger partial charge in [-0.2, -0.15) is 0 Å². The maximum absolute atomic E-state index is 13.6. The van der Waals surface area contributed by atoms with Gasteiger partial charge in [-0.05, 0) is 42.2 Å². The molecule has 0 N–H and O–H groups in total. The van der Waals surface area contributed by atoms with Gasteiger partial charge >= 0.3 is 0 Å². The molecule has 0 bridgehead atoms. The largest absolute Gasteiger partial charge is 0.289 e. The van der Waals surface area contributed by atoms with Gasteiger partial charge in [-0.15, -0.1) is 0 Å². The third-order valence-corrected chi connectivity index (χ3v) is 5.88. The van der Waals surface area contributed by atoms with Crippen molar-refractivity contribution in [3.8, 4) is 0 Å². The molecule has 0 saturated carbocycles. The number of halogens is 1. The van der Waals surface area contributed by atoms with Gasteiger partial charge in [0.25, 0.3) is 22.2 Å². The highest BCUT2D eigenvalue weighted by Gasteiger charge is 2.28. The average molecular weight is 467 g/mol. The molecule has 4 rings (SSSR count). The van der Waals surface area contributed by atoms with E-state index in [1.54, 1.807) is 0 Å². The Morgan fingerprint density at radius 1 is 0.758 bits per heavy atom. The summed E-state index contributed by atoms with van der Waals surface area (Å²) >= 11 is 5.95. The molecular formula is C25H23ClN2O5. The standard InChI is InChI=1S/C25H23ClN2O5/c1-12(2)10-27-22(30)16-9-17-19(25(33)28(23(17)31)11-13(3)4)20(18(16)24(27)32)21(29)14-5-7-15(26)8-6-14/h5-9,12-13H,10-11H2,1-4H3. The molecule has 0 saturated heterocycles. The highest BCUT2D eigenvalue weighted by Crippen LogP contribution is 2.25. The first-order valence-corrected chi connectivity index (χ1v) is 11.1. The number of carbonyl (C=O) groups excluding carboxylic acids is 1. The van der Waals surface area contributed by atoms with Crippen LogP contribution < -0.4 is 22.2 Å². The highest BCUT2D eigenvalue weighted by atomic mass is 35.5. The maximum Gasteiger partial charge on any atom is 0.262 e. The summed E-state index contributed by atoms with van der Waals surface area (Å²) in [5.41, 5.74) is -2.41. The summed E-state index contributed by atoms with van der Waals surface area (Å²) in [6, 6.07) is 7.31. The molecular weight excluding hydrogens is 444 g/mol. The van der Waals surface area contributed by atoms with Crippen LogP contribution in [0.4, 0.5) is 0 Å². The molecule has 4 aromatic rings. The van der Waals surface area contributed by atoms with E-state index in [2.05, 4.69) is 0 Å². The normalized spacial score (nSPS) is 12.0. The molecule has 7 nitrogen and oxygen atoms in total. The third-order valence-electron chi connectivity index (χ3n) is 5.63. The first-order valence-electron chi connectivity index (χ1n) is 10.8. The predicted octanol–water partition coefficient (Wildman–Crippen LogP) is 3.11. The summed E-state index contributed by atoms with van der Waals surface area (Å²) in [6.45, 7) is 7.76. The second-order valence-electron chi connectivity index (χ2n) is 9.16. The minimum absolute atomic E-state index is 0.000673. The minimum atomic E-state index is -0.633. The number of benzene rings is 2. The fraction of sp³-hybridized carbons (Fsp3) is 0.320. The van der Waals surface area contributed by atoms with Crippen LogP contribution in [0.2, 0.25) is 5.02 Å². The number of aromatic nitrogens is 2. The van der Waals surface area contributed by atoms with Gasteiger partial charge < -0.3 is 0 Å². The van der Waals surface area contributed by atoms with Crippen molar-refractivity contribution in [3.05, 3.63) is 87.9 Å². The second kappa shape index (κ2) is 8.23. The molecule has 170 valence electrons. The van der Waals surface area contributed by atoms with E-state index in [-0.39, 0.29) is 57.6 Å². The van der Waals surface area contributed by atoms with Crippen LogP contribution in [0, 0.1) is 11.8 Å². The first-order chi connectivity index (χ1) is 15.5. The molecule has 0 amide bonds. The van der Waals surface area contributed by atoms with E-state index in [1.165, 1.54) is 30.3 Å². The van der Waals surface area contributed by atoms with Gasteiger partial charge in [-0.1, -0.05) is 39.3 Å². The van der Waals surface area contributed by atoms with Crippen LogP contribution in [0.3, 0.4) is 0 Å². The summed E-state index contributed by atoms with van der Waals surface area (Å²) in [5, 5.41) is 0.131. The zero-order valence-electron chi connectivity index (χ0n) is 18.8. The number of carbonyl (C=O) groups is 1. The molecule has 0 unspecified atom stereocenters. The Labute approximate surface area is 193 Å². The van der Waals surface area contributed by atoms with E-state index in [0.29, 0.717) is 5.02 Å². The summed E-state index contributed by atoms with van der Waals surface area (Å²) in [5.74, 6) is -0.613. The van der Waals surface area contributed by atoms with Gasteiger partial charge in [0.15, 0.2) is 5.78 Å². The van der Waals surface area contributed by atoms with Gasteiger partial charge in [-0.25, -0.2) is 0 Å². The number of fused-ring (bicyclic) bond motifs is 2. The number of rotatable bonds is 6. The van der Waals surface area contributed by atoms with Crippen molar-refractivity contribution < 1.29 is 4.79 Å². The van der Waals surface area contributed by atoms with Crippen molar-refractivity contribution in [2.75, 3.05) is 0 Å². The minimum Gasteiger partial charge on any atom is -0.289 e. The maximum atomic E-state index is 13.6. The Hall–Kier alpha value is -3.32. The predicted molar refractivity (Wildman–Crippen MR) is 129 cm³/mol. The summed E-state index contributed by atoms with van der Waals surface area (Å²) in [6.07, 6.45) is 0. The Kier molecular flexibility index (Phi) is 5.70. The van der Waals surface area contributed by atoms with Crippen LogP contribution in [0.1, 0.15) is 43.6 Å². The van der Waals surface area contributed by atoms with Gasteiger partial charge in [0.05, 0.1) is 21.5 Å². The SMILES string of the molecule is CC(C)Cn1c(=O)c2cc3c(=O)n(CC(C)C)c(=O)c3c(C(=O)c3ccc(Cl)cc3)c2c1=O. The second-order valence-corrected chi connectivity index (χ2v) is 9.60. The smallest absolute Gasteiger partial charge is 0.262 e. The fourth-order valence-corrected chi connectivity index (χ4v) is 4.37. The van der Waals surface area contributed by atoms with Crippen LogP contribution in [0.25, 0.3) is 21.5 Å². The summed E-state index contributed by atoms with van der Waals surface area (Å²) in [4.78, 5) is 66.5. The monoisotopic (exact) mass is 466 g/mol. The van der Waals surface area contributed by atoms with Crippen LogP contribution in [0.5, 0.6) is 0 Å². The first kappa shape index (κ1) is 22.9. The van der Waals surface area contributed by atoms with Crippen LogP contribution >= 0.6 is 11.6 Å². The van der Waals surface area contributed by atoms with Crippen molar-refractivity contribution >= 4 is 38.9 Å². The van der Waals surface area contributed by atoms with Gasteiger partial charge in [0.1, 0.15) is 0 Å². The van der Waals surface area contributed by atoms with Crippen LogP contribution in [-0.4, -0.2) is 14.9 Å². The number of nitrogens with zero attached hydrogens (tertiary/aromatic N) is 2. The summed E-state index contributed by atoms with van der Waals surface area (Å²) < 4.78 is 2.15. The lowest BCUT2D eigenvalue weighted by Crippen LogP contribution is -2.28. The van der Waals surface area contributed by atoms with Gasteiger partial charge in [-0.3, -0.25) is 33.1 Å². The molecule has 0 aliphatic heterocycles. The van der Waals surface area contributed by atoms with Crippen molar-refractivity contribution in [2.24, 2.45) is 11.8 Å². The molecule has 2 aromatic carbocycles. The summed E-state index contributed by atoms with van der Waals surface area (Å²) in [7, 11) is 0. The lowest BCUT2D eigenvalue weighted by molar-refractivity contribution is 0.104. The van der Waals surface area contributed by atoms with Crippen molar-refractivity contribution in [2.45, 2.75) is 40.8 Å². The van der Waals surface area contributed by atoms with E-state index in [4.69, 9.17) is 11.6 Å². The van der Waals surface area contributed by atoms with E-state index < -0.39 is 28.0 Å². The molecule has 0 radical (unpaired) electrons. The molecule has 2 heterocycles. The Bertz CT molecular complexity index is 1520. The molecule has 0 fully saturated rings. The zero-order valence-corrected chi connectivity index (χ0v) is 19.5.